The molecule has 1 aliphatic rings. The molecule has 53 heavy (non-hydrogen) atoms. The van der Waals surface area contributed by atoms with Gasteiger partial charge in [0.15, 0.2) is 0 Å². The van der Waals surface area contributed by atoms with Crippen LogP contribution in [-0.4, -0.2) is 5.43 Å². The van der Waals surface area contributed by atoms with E-state index in [0.717, 1.165) is 12.3 Å². The van der Waals surface area contributed by atoms with Crippen molar-refractivity contribution >= 4 is 27.0 Å². The molecule has 1 fully saturated rings. The summed E-state index contributed by atoms with van der Waals surface area (Å²) in [6.07, 6.45) is 10.6. The fourth-order valence-electron chi connectivity index (χ4n) is 7.67. The van der Waals surface area contributed by atoms with Crippen molar-refractivity contribution in [1.29, 1.82) is 0 Å². The zero-order chi connectivity index (χ0) is 36.5. The van der Waals surface area contributed by atoms with Crippen molar-refractivity contribution in [1.82, 2.24) is 0 Å². The molecule has 1 aliphatic carbocycles. The quantitative estimate of drug-likeness (QED) is 0.111. The van der Waals surface area contributed by atoms with E-state index in [1.807, 2.05) is 0 Å². The van der Waals surface area contributed by atoms with E-state index >= 15 is 0 Å². The minimum atomic E-state index is 0. The Kier molecular flexibility index (Phi) is 18.1. The minimum absolute atomic E-state index is 0. The van der Waals surface area contributed by atoms with E-state index in [0.29, 0.717) is 5.92 Å². The van der Waals surface area contributed by atoms with Crippen LogP contribution in [0.5, 0.6) is 0 Å². The molecule has 0 saturated heterocycles. The predicted molar refractivity (Wildman–Crippen MR) is 225 cm³/mol. The van der Waals surface area contributed by atoms with Crippen LogP contribution in [0.1, 0.15) is 121 Å². The van der Waals surface area contributed by atoms with E-state index in [1.165, 1.54) is 111 Å². The monoisotopic (exact) mass is 836 g/mol. The Bertz CT molecular complexity index is 2000. The molecule has 0 N–H and O–H groups in total. The molecular weight excluding hydrogens is 779 g/mol. The summed E-state index contributed by atoms with van der Waals surface area (Å²) in [4.78, 5) is 0. The first-order chi connectivity index (χ1) is 24.5. The van der Waals surface area contributed by atoms with Crippen molar-refractivity contribution in [3.8, 4) is 22.3 Å². The van der Waals surface area contributed by atoms with Gasteiger partial charge in [0, 0.05) is 0 Å². The Labute approximate surface area is 349 Å². The number of benzene rings is 4. The number of fused-ring (bicyclic) bond motifs is 2. The van der Waals surface area contributed by atoms with Crippen LogP contribution >= 0.6 is 0 Å². The molecule has 0 aliphatic heterocycles. The van der Waals surface area contributed by atoms with Gasteiger partial charge in [0.1, 0.15) is 0 Å². The van der Waals surface area contributed by atoms with E-state index in [1.54, 1.807) is 23.3 Å². The number of rotatable bonds is 7. The Morgan fingerprint density at radius 1 is 0.717 bits per heavy atom. The Hall–Kier alpha value is -2.22. The van der Waals surface area contributed by atoms with Gasteiger partial charge in [-0.2, -0.15) is 12.1 Å². The summed E-state index contributed by atoms with van der Waals surface area (Å²) in [6.45, 7) is 18.2. The van der Waals surface area contributed by atoms with Crippen LogP contribution < -0.4 is 24.8 Å². The van der Waals surface area contributed by atoms with Crippen LogP contribution in [-0.2, 0) is 35.2 Å². The third-order valence-electron chi connectivity index (χ3n) is 10.6. The molecule has 0 nitrogen and oxygen atoms in total. The minimum Gasteiger partial charge on any atom is -1.00 e. The largest absolute Gasteiger partial charge is 1.00 e. The number of hydrogen-bond donors (Lipinski definition) is 0. The molecule has 1 atom stereocenters. The van der Waals surface area contributed by atoms with Crippen molar-refractivity contribution in [2.75, 3.05) is 0 Å². The van der Waals surface area contributed by atoms with Gasteiger partial charge in [0.25, 0.3) is 0 Å². The summed E-state index contributed by atoms with van der Waals surface area (Å²) in [7, 11) is 0. The molecule has 4 heteroatoms. The van der Waals surface area contributed by atoms with Crippen molar-refractivity contribution in [2.24, 2.45) is 0 Å². The first kappa shape index (κ1) is 45.2. The smallest absolute Gasteiger partial charge is 1.00 e. The molecule has 0 heterocycles. The van der Waals surface area contributed by atoms with Crippen LogP contribution in [0.15, 0.2) is 109 Å². The molecule has 0 aromatic heterocycles. The van der Waals surface area contributed by atoms with Gasteiger partial charge in [-0.05, 0) is 65.2 Å². The average molecular weight is 839 g/mol. The van der Waals surface area contributed by atoms with Gasteiger partial charge in [-0.3, -0.25) is 0 Å². The van der Waals surface area contributed by atoms with Crippen LogP contribution in [0.25, 0.3) is 43.8 Å². The van der Waals surface area contributed by atoms with Gasteiger partial charge in [-0.15, -0.1) is 69.1 Å². The van der Waals surface area contributed by atoms with E-state index < -0.39 is 0 Å². The van der Waals surface area contributed by atoms with Gasteiger partial charge in [0.05, 0.1) is 0 Å². The van der Waals surface area contributed by atoms with Gasteiger partial charge in [0.2, 0.25) is 0 Å². The molecule has 0 spiro atoms. The van der Waals surface area contributed by atoms with Gasteiger partial charge in [-0.25, -0.2) is 0 Å². The zero-order valence-corrected chi connectivity index (χ0v) is 38.4. The van der Waals surface area contributed by atoms with E-state index in [2.05, 4.69) is 164 Å². The Morgan fingerprint density at radius 3 is 1.74 bits per heavy atom. The zero-order valence-electron chi connectivity index (χ0n) is 33.5. The van der Waals surface area contributed by atoms with Crippen molar-refractivity contribution in [3.05, 3.63) is 131 Å². The summed E-state index contributed by atoms with van der Waals surface area (Å²) < 4.78 is 0. The molecule has 280 valence electrons. The van der Waals surface area contributed by atoms with Crippen LogP contribution in [0.2, 0.25) is 13.1 Å². The molecule has 1 saturated carbocycles. The second-order valence-electron chi connectivity index (χ2n) is 16.1. The summed E-state index contributed by atoms with van der Waals surface area (Å²) >= 11 is 1.74. The summed E-state index contributed by atoms with van der Waals surface area (Å²) in [6, 6.07) is 41.3. The van der Waals surface area contributed by atoms with E-state index in [-0.39, 0.29) is 35.7 Å². The standard InChI is InChI=1S/C24H29.C23H25.C2H6Si.2ClH.Zr/c1-6-8-17(2)20-15-19-9-7-10-22(23(19)16-20)18-11-13-21(14-12-18)24(3,4)5;1-2-17-15-21-9-6-10-22(23(21)16-17)20-13-11-19(12-14-20)18-7-4-3-5-8-18;1-3-2;;;/h7,9-17H,6,8H2,1-5H3;6,9-16,18H,2-5,7-8H2,1H3;1-2H3;2*1H;/q2*-1;;;;+2/p-2. The van der Waals surface area contributed by atoms with Crippen molar-refractivity contribution in [2.45, 2.75) is 123 Å². The predicted octanol–water partition coefficient (Wildman–Crippen LogP) is 9.05. The average Bonchev–Trinajstić information content (AvgIpc) is 3.77. The second kappa shape index (κ2) is 21.2. The SMILES string of the molecule is CCCC(C)c1cc2c(-c3ccc(C(C)(C)C)cc3)cccc2[cH-]1.CCc1cc2c(-c3ccc(C4CCCCC4)cc3)cccc2[cH-]1.C[Si](C)=[Zr+2].[Cl-].[Cl-]. The number of halogens is 2. The molecule has 6 aromatic rings. The Balaban J connectivity index is 0.000000251. The maximum atomic E-state index is 2.41. The van der Waals surface area contributed by atoms with E-state index in [4.69, 9.17) is 0 Å². The number of aryl methyl sites for hydroxylation is 1. The summed E-state index contributed by atoms with van der Waals surface area (Å²) in [5, 5.41) is 5.52. The maximum Gasteiger partial charge on any atom is -1.00 e. The second-order valence-corrected chi connectivity index (χ2v) is 25.5. The van der Waals surface area contributed by atoms with Gasteiger partial charge < -0.3 is 24.8 Å². The van der Waals surface area contributed by atoms with Crippen molar-refractivity contribution in [3.63, 3.8) is 0 Å². The van der Waals surface area contributed by atoms with Crippen LogP contribution in [0, 0.1) is 0 Å². The summed E-state index contributed by atoms with van der Waals surface area (Å²) in [5.41, 5.74) is 11.6. The third kappa shape index (κ3) is 12.1. The molecule has 1 unspecified atom stereocenters. The Morgan fingerprint density at radius 2 is 1.23 bits per heavy atom. The first-order valence-electron chi connectivity index (χ1n) is 19.6. The van der Waals surface area contributed by atoms with Crippen LogP contribution in [0.3, 0.4) is 0 Å². The maximum absolute atomic E-state index is 2.41. The summed E-state index contributed by atoms with van der Waals surface area (Å²) in [5.74, 6) is 1.43. The molecule has 0 amide bonds. The molecular formula is C49H60Cl2SiZr-2. The van der Waals surface area contributed by atoms with Gasteiger partial charge in [-0.1, -0.05) is 139 Å². The molecule has 6 aromatic carbocycles. The number of hydrogen-bond acceptors (Lipinski definition) is 0. The topological polar surface area (TPSA) is 0 Å². The van der Waals surface area contributed by atoms with Gasteiger partial charge >= 0.3 is 41.9 Å². The molecule has 0 radical (unpaired) electrons. The normalized spacial score (nSPS) is 13.5. The fourth-order valence-corrected chi connectivity index (χ4v) is 7.67. The fraction of sp³-hybridized carbons (Fsp3) is 0.388. The van der Waals surface area contributed by atoms with Crippen LogP contribution in [0.4, 0.5) is 0 Å². The molecule has 0 bridgehead atoms. The van der Waals surface area contributed by atoms with E-state index in [9.17, 15) is 0 Å². The molecule has 7 rings (SSSR count). The van der Waals surface area contributed by atoms with Crippen molar-refractivity contribution < 1.29 is 48.1 Å². The third-order valence-corrected chi connectivity index (χ3v) is 10.6. The first-order valence-corrected chi connectivity index (χ1v) is 25.8.